The maximum atomic E-state index is 12.3. The molecule has 0 bridgehead atoms. The summed E-state index contributed by atoms with van der Waals surface area (Å²) >= 11 is 0. The summed E-state index contributed by atoms with van der Waals surface area (Å²) < 4.78 is 28.5. The summed E-state index contributed by atoms with van der Waals surface area (Å²) in [7, 11) is 1.76. The molecule has 0 aliphatic heterocycles. The third-order valence-corrected chi connectivity index (χ3v) is 4.30. The van der Waals surface area contributed by atoms with Crippen LogP contribution in [0.1, 0.15) is 35.3 Å². The first kappa shape index (κ1) is 21.3. The van der Waals surface area contributed by atoms with Crippen molar-refractivity contribution in [3.63, 3.8) is 0 Å². The van der Waals surface area contributed by atoms with Gasteiger partial charge >= 0.3 is 6.61 Å². The number of amides is 2. The van der Waals surface area contributed by atoms with Gasteiger partial charge in [-0.3, -0.25) is 9.59 Å². The fourth-order valence-corrected chi connectivity index (χ4v) is 2.44. The van der Waals surface area contributed by atoms with E-state index in [0.29, 0.717) is 17.7 Å². The average molecular weight is 390 g/mol. The molecule has 28 heavy (non-hydrogen) atoms. The predicted octanol–water partition coefficient (Wildman–Crippen LogP) is 3.63. The van der Waals surface area contributed by atoms with Gasteiger partial charge < -0.3 is 15.0 Å². The lowest BCUT2D eigenvalue weighted by Crippen LogP contribution is -2.32. The van der Waals surface area contributed by atoms with E-state index in [-0.39, 0.29) is 30.0 Å². The minimum absolute atomic E-state index is 0.0511. The molecule has 0 spiro atoms. The van der Waals surface area contributed by atoms with Crippen LogP contribution in [-0.4, -0.2) is 36.4 Å². The second-order valence-electron chi connectivity index (χ2n) is 6.68. The summed E-state index contributed by atoms with van der Waals surface area (Å²) in [5.74, 6) is -0.191. The van der Waals surface area contributed by atoms with Gasteiger partial charge in [-0.15, -0.1) is 0 Å². The number of rotatable bonds is 8. The molecule has 0 aromatic heterocycles. The minimum atomic E-state index is -2.87. The highest BCUT2D eigenvalue weighted by molar-refractivity contribution is 5.94. The molecular formula is C21H24F2N2O3. The predicted molar refractivity (Wildman–Crippen MR) is 102 cm³/mol. The van der Waals surface area contributed by atoms with E-state index in [2.05, 4.69) is 10.1 Å². The number of alkyl halides is 2. The molecule has 5 nitrogen and oxygen atoms in total. The van der Waals surface area contributed by atoms with Gasteiger partial charge in [0.2, 0.25) is 5.91 Å². The molecule has 2 amide bonds. The number of carbonyl (C=O) groups excluding carboxylic acids is 2. The number of halogens is 2. The molecule has 7 heteroatoms. The van der Waals surface area contributed by atoms with Gasteiger partial charge in [0.05, 0.1) is 6.42 Å². The smallest absolute Gasteiger partial charge is 0.387 e. The van der Waals surface area contributed by atoms with E-state index in [0.717, 1.165) is 5.56 Å². The van der Waals surface area contributed by atoms with Crippen LogP contribution in [0.25, 0.3) is 0 Å². The summed E-state index contributed by atoms with van der Waals surface area (Å²) in [6.45, 7) is 1.35. The van der Waals surface area contributed by atoms with Gasteiger partial charge in [-0.1, -0.05) is 24.3 Å². The Morgan fingerprint density at radius 2 is 1.57 bits per heavy atom. The Morgan fingerprint density at radius 1 is 1.00 bits per heavy atom. The van der Waals surface area contributed by atoms with Crippen LogP contribution in [0.4, 0.5) is 8.78 Å². The molecular weight excluding hydrogens is 366 g/mol. The van der Waals surface area contributed by atoms with Crippen molar-refractivity contribution >= 4 is 11.8 Å². The highest BCUT2D eigenvalue weighted by atomic mass is 19.3. The third-order valence-electron chi connectivity index (χ3n) is 4.30. The van der Waals surface area contributed by atoms with E-state index in [1.807, 2.05) is 13.8 Å². The Bertz CT molecular complexity index is 790. The van der Waals surface area contributed by atoms with Crippen molar-refractivity contribution in [2.75, 3.05) is 7.05 Å². The normalized spacial score (nSPS) is 10.8. The summed E-state index contributed by atoms with van der Waals surface area (Å²) in [4.78, 5) is 26.0. The Kier molecular flexibility index (Phi) is 7.49. The van der Waals surface area contributed by atoms with E-state index in [9.17, 15) is 18.4 Å². The van der Waals surface area contributed by atoms with Crippen LogP contribution < -0.4 is 10.1 Å². The van der Waals surface area contributed by atoms with Gasteiger partial charge in [0.1, 0.15) is 5.75 Å². The second kappa shape index (κ2) is 9.82. The van der Waals surface area contributed by atoms with Crippen molar-refractivity contribution in [1.29, 1.82) is 0 Å². The molecule has 0 unspecified atom stereocenters. The molecule has 0 aliphatic rings. The maximum absolute atomic E-state index is 12.3. The zero-order chi connectivity index (χ0) is 20.7. The van der Waals surface area contributed by atoms with E-state index >= 15 is 0 Å². The first-order valence-electron chi connectivity index (χ1n) is 8.93. The fourth-order valence-electron chi connectivity index (χ4n) is 2.44. The van der Waals surface area contributed by atoms with Gasteiger partial charge in [-0.2, -0.15) is 8.78 Å². The summed E-state index contributed by atoms with van der Waals surface area (Å²) in [5, 5.41) is 2.80. The van der Waals surface area contributed by atoms with Crippen molar-refractivity contribution in [2.24, 2.45) is 0 Å². The SMILES string of the molecule is CC(C)N(C)C(=O)c1ccc(CNC(=O)Cc2ccc(OC(F)F)cc2)cc1. The van der Waals surface area contributed by atoms with E-state index in [4.69, 9.17) is 0 Å². The quantitative estimate of drug-likeness (QED) is 0.749. The first-order valence-corrected chi connectivity index (χ1v) is 8.93. The first-order chi connectivity index (χ1) is 13.3. The molecule has 1 N–H and O–H groups in total. The van der Waals surface area contributed by atoms with Crippen molar-refractivity contribution in [3.8, 4) is 5.75 Å². The number of nitrogens with zero attached hydrogens (tertiary/aromatic N) is 1. The molecule has 0 fully saturated rings. The van der Waals surface area contributed by atoms with E-state index < -0.39 is 6.61 Å². The number of hydrogen-bond donors (Lipinski definition) is 1. The van der Waals surface area contributed by atoms with Gasteiger partial charge in [0.15, 0.2) is 0 Å². The van der Waals surface area contributed by atoms with Crippen LogP contribution in [-0.2, 0) is 17.8 Å². The molecule has 2 aromatic rings. The van der Waals surface area contributed by atoms with Crippen LogP contribution in [0.15, 0.2) is 48.5 Å². The van der Waals surface area contributed by atoms with Gasteiger partial charge in [0, 0.05) is 25.2 Å². The zero-order valence-electron chi connectivity index (χ0n) is 16.1. The van der Waals surface area contributed by atoms with Crippen molar-refractivity contribution < 1.29 is 23.1 Å². The summed E-state index contributed by atoms with van der Waals surface area (Å²) in [6, 6.07) is 13.1. The standard InChI is InChI=1S/C21H24F2N2O3/c1-14(2)25(3)20(27)17-8-4-16(5-9-17)13-24-19(26)12-15-6-10-18(11-7-15)28-21(22)23/h4-11,14,21H,12-13H2,1-3H3,(H,24,26). The molecule has 150 valence electrons. The van der Waals surface area contributed by atoms with E-state index in [1.165, 1.54) is 12.1 Å². The highest BCUT2D eigenvalue weighted by Gasteiger charge is 2.14. The lowest BCUT2D eigenvalue weighted by atomic mass is 10.1. The Labute approximate surface area is 163 Å². The lowest BCUT2D eigenvalue weighted by Gasteiger charge is -2.21. The van der Waals surface area contributed by atoms with Crippen LogP contribution in [0.5, 0.6) is 5.75 Å². The molecule has 0 saturated carbocycles. The number of carbonyl (C=O) groups is 2. The summed E-state index contributed by atoms with van der Waals surface area (Å²) in [6.07, 6.45) is 0.130. The van der Waals surface area contributed by atoms with Crippen molar-refractivity contribution in [2.45, 2.75) is 39.5 Å². The van der Waals surface area contributed by atoms with Gasteiger partial charge in [-0.05, 0) is 49.2 Å². The zero-order valence-corrected chi connectivity index (χ0v) is 16.1. The molecule has 0 aliphatic carbocycles. The van der Waals surface area contributed by atoms with Crippen LogP contribution in [0.2, 0.25) is 0 Å². The molecule has 0 heterocycles. The van der Waals surface area contributed by atoms with Gasteiger partial charge in [-0.25, -0.2) is 0 Å². The number of hydrogen-bond acceptors (Lipinski definition) is 3. The maximum Gasteiger partial charge on any atom is 0.387 e. The minimum Gasteiger partial charge on any atom is -0.435 e. The molecule has 0 atom stereocenters. The Balaban J connectivity index is 1.85. The summed E-state index contributed by atoms with van der Waals surface area (Å²) in [5.41, 5.74) is 2.16. The third kappa shape index (κ3) is 6.33. The van der Waals surface area contributed by atoms with Crippen LogP contribution in [0.3, 0.4) is 0 Å². The Hall–Kier alpha value is -2.96. The number of benzene rings is 2. The molecule has 0 saturated heterocycles. The van der Waals surface area contributed by atoms with Crippen molar-refractivity contribution in [1.82, 2.24) is 10.2 Å². The number of nitrogens with one attached hydrogen (secondary N) is 1. The molecule has 0 radical (unpaired) electrons. The van der Waals surface area contributed by atoms with Crippen LogP contribution >= 0.6 is 0 Å². The largest absolute Gasteiger partial charge is 0.435 e. The Morgan fingerprint density at radius 3 is 2.11 bits per heavy atom. The monoisotopic (exact) mass is 390 g/mol. The highest BCUT2D eigenvalue weighted by Crippen LogP contribution is 2.15. The van der Waals surface area contributed by atoms with Crippen molar-refractivity contribution in [3.05, 3.63) is 65.2 Å². The number of ether oxygens (including phenoxy) is 1. The van der Waals surface area contributed by atoms with Crippen LogP contribution in [0, 0.1) is 0 Å². The fraction of sp³-hybridized carbons (Fsp3) is 0.333. The topological polar surface area (TPSA) is 58.6 Å². The lowest BCUT2D eigenvalue weighted by molar-refractivity contribution is -0.120. The molecule has 2 aromatic carbocycles. The van der Waals surface area contributed by atoms with E-state index in [1.54, 1.807) is 48.3 Å². The second-order valence-corrected chi connectivity index (χ2v) is 6.68. The van der Waals surface area contributed by atoms with Gasteiger partial charge in [0.25, 0.3) is 5.91 Å². The molecule has 2 rings (SSSR count). The average Bonchev–Trinajstić information content (AvgIpc) is 2.66.